The number of carbonyl (C=O) groups is 3. The molecule has 0 aromatic heterocycles. The van der Waals surface area contributed by atoms with Crippen molar-refractivity contribution in [3.8, 4) is 0 Å². The van der Waals surface area contributed by atoms with Gasteiger partial charge in [0.25, 0.3) is 0 Å². The number of aliphatic carboxylic acids is 1. The summed E-state index contributed by atoms with van der Waals surface area (Å²) in [4.78, 5) is 37.8. The number of carbonyl (C=O) groups excluding carboxylic acids is 2. The van der Waals surface area contributed by atoms with Gasteiger partial charge in [0.2, 0.25) is 5.91 Å². The number of carboxylic acids is 1. The summed E-state index contributed by atoms with van der Waals surface area (Å²) in [5, 5.41) is 12.5. The van der Waals surface area contributed by atoms with Gasteiger partial charge in [0.15, 0.2) is 0 Å². The largest absolute Gasteiger partial charge is 0.480 e. The highest BCUT2D eigenvalue weighted by molar-refractivity contribution is 5.83. The maximum atomic E-state index is 12.5. The van der Waals surface area contributed by atoms with E-state index in [0.29, 0.717) is 25.8 Å². The fourth-order valence-electron chi connectivity index (χ4n) is 3.91. The van der Waals surface area contributed by atoms with E-state index < -0.39 is 23.7 Å². The van der Waals surface area contributed by atoms with Crippen LogP contribution in [0.15, 0.2) is 12.7 Å². The Kier molecular flexibility index (Phi) is 5.64. The van der Waals surface area contributed by atoms with Gasteiger partial charge in [0, 0.05) is 24.4 Å². The maximum absolute atomic E-state index is 12.5. The molecule has 0 radical (unpaired) electrons. The molecule has 2 fully saturated rings. The molecule has 0 spiro atoms. The molecule has 1 heterocycles. The van der Waals surface area contributed by atoms with Crippen molar-refractivity contribution in [3.63, 3.8) is 0 Å². The van der Waals surface area contributed by atoms with Crippen LogP contribution in [0.2, 0.25) is 0 Å². The van der Waals surface area contributed by atoms with Crippen molar-refractivity contribution in [1.82, 2.24) is 10.2 Å². The molecule has 3 atom stereocenters. The average molecular weight is 380 g/mol. The van der Waals surface area contributed by atoms with Gasteiger partial charge in [-0.1, -0.05) is 19.9 Å². The van der Waals surface area contributed by atoms with Gasteiger partial charge in [-0.15, -0.1) is 6.58 Å². The predicted molar refractivity (Wildman–Crippen MR) is 101 cm³/mol. The van der Waals surface area contributed by atoms with Crippen LogP contribution in [0.25, 0.3) is 0 Å². The lowest BCUT2D eigenvalue weighted by Gasteiger charge is -2.28. The Morgan fingerprint density at radius 3 is 2.41 bits per heavy atom. The first-order valence-corrected chi connectivity index (χ1v) is 9.42. The zero-order valence-electron chi connectivity index (χ0n) is 17.0. The van der Waals surface area contributed by atoms with Gasteiger partial charge in [-0.3, -0.25) is 9.69 Å². The molecule has 2 rings (SSSR count). The van der Waals surface area contributed by atoms with Gasteiger partial charge < -0.3 is 15.2 Å². The number of allylic oxidation sites excluding steroid dienone is 1. The Hall–Kier alpha value is -2.05. The van der Waals surface area contributed by atoms with Gasteiger partial charge in [0.05, 0.1) is 0 Å². The summed E-state index contributed by atoms with van der Waals surface area (Å²) >= 11 is 0. The zero-order chi connectivity index (χ0) is 20.6. The Labute approximate surface area is 161 Å². The molecule has 0 bridgehead atoms. The quantitative estimate of drug-likeness (QED) is 0.662. The van der Waals surface area contributed by atoms with Crippen LogP contribution in [0.4, 0.5) is 4.79 Å². The number of hydrogen-bond donors (Lipinski definition) is 2. The third kappa shape index (κ3) is 5.02. The third-order valence-electron chi connectivity index (χ3n) is 5.28. The summed E-state index contributed by atoms with van der Waals surface area (Å²) in [6.07, 6.45) is 3.34. The highest BCUT2D eigenvalue weighted by Gasteiger charge is 2.68. The number of ether oxygens (including phenoxy) is 1. The van der Waals surface area contributed by atoms with Crippen molar-refractivity contribution >= 4 is 18.0 Å². The number of nitrogens with zero attached hydrogens (tertiary/aromatic N) is 1. The number of fused-ring (bicyclic) bond motifs is 1. The lowest BCUT2D eigenvalue weighted by atomic mass is 9.85. The molecule has 1 saturated carbocycles. The van der Waals surface area contributed by atoms with Crippen LogP contribution in [0.1, 0.15) is 60.3 Å². The van der Waals surface area contributed by atoms with Gasteiger partial charge in [-0.05, 0) is 45.4 Å². The molecule has 7 nitrogen and oxygen atoms in total. The molecule has 0 aromatic carbocycles. The van der Waals surface area contributed by atoms with E-state index in [1.807, 2.05) is 13.8 Å². The molecule has 0 unspecified atom stereocenters. The van der Waals surface area contributed by atoms with E-state index in [2.05, 4.69) is 11.9 Å². The first-order valence-electron chi connectivity index (χ1n) is 9.42. The van der Waals surface area contributed by atoms with Crippen LogP contribution in [-0.2, 0) is 14.3 Å². The van der Waals surface area contributed by atoms with Gasteiger partial charge in [-0.2, -0.15) is 0 Å². The topological polar surface area (TPSA) is 95.9 Å². The standard InChI is InChI=1S/C20H32N2O5/c1-7-8-19(5,6)11-15(23)21-12-20-9-13(16(24)25)22(14(20)10-20)17(26)27-18(2,3)4/h7,13-14H,1,8-12H2,2-6H3,(H,21,23)(H,24,25)/t13-,14+,20-/m0/s1. The van der Waals surface area contributed by atoms with E-state index in [1.54, 1.807) is 26.8 Å². The first-order chi connectivity index (χ1) is 12.3. The minimum absolute atomic E-state index is 0.0653. The van der Waals surface area contributed by atoms with Crippen molar-refractivity contribution in [3.05, 3.63) is 12.7 Å². The molecule has 1 aliphatic heterocycles. The number of nitrogens with one attached hydrogen (secondary N) is 1. The number of amides is 2. The SMILES string of the molecule is C=CCC(C)(C)CC(=O)NC[C@@]12C[C@@H](C(=O)O)N(C(=O)OC(C)(C)C)[C@@H]1C2. The predicted octanol–water partition coefficient (Wildman–Crippen LogP) is 2.95. The van der Waals surface area contributed by atoms with Gasteiger partial charge >= 0.3 is 12.1 Å². The van der Waals surface area contributed by atoms with Crippen molar-refractivity contribution in [2.24, 2.45) is 10.8 Å². The molecule has 2 aliphatic rings. The molecular weight excluding hydrogens is 348 g/mol. The van der Waals surface area contributed by atoms with E-state index in [1.165, 1.54) is 4.90 Å². The second kappa shape index (κ2) is 7.17. The van der Waals surface area contributed by atoms with E-state index in [9.17, 15) is 19.5 Å². The van der Waals surface area contributed by atoms with E-state index >= 15 is 0 Å². The number of hydrogen-bond acceptors (Lipinski definition) is 4. The van der Waals surface area contributed by atoms with Gasteiger partial charge in [0.1, 0.15) is 11.6 Å². The lowest BCUT2D eigenvalue weighted by molar-refractivity contribution is -0.142. The van der Waals surface area contributed by atoms with E-state index in [0.717, 1.165) is 6.42 Å². The second-order valence-corrected chi connectivity index (χ2v) is 9.64. The average Bonchev–Trinajstić information content (AvgIpc) is 3.07. The Morgan fingerprint density at radius 2 is 1.89 bits per heavy atom. The Morgan fingerprint density at radius 1 is 1.26 bits per heavy atom. The molecule has 1 aliphatic carbocycles. The van der Waals surface area contributed by atoms with Crippen LogP contribution >= 0.6 is 0 Å². The molecule has 0 aromatic rings. The van der Waals surface area contributed by atoms with Crippen molar-refractivity contribution in [2.75, 3.05) is 6.54 Å². The summed E-state index contributed by atoms with van der Waals surface area (Å²) in [6, 6.07) is -1.11. The van der Waals surface area contributed by atoms with Crippen LogP contribution in [0, 0.1) is 10.8 Å². The fourth-order valence-corrected chi connectivity index (χ4v) is 3.91. The number of likely N-dealkylation sites (tertiary alicyclic amines) is 1. The fraction of sp³-hybridized carbons (Fsp3) is 0.750. The van der Waals surface area contributed by atoms with E-state index in [4.69, 9.17) is 4.74 Å². The molecule has 27 heavy (non-hydrogen) atoms. The third-order valence-corrected chi connectivity index (χ3v) is 5.28. The normalized spacial score (nSPS) is 26.9. The van der Waals surface area contributed by atoms with Crippen LogP contribution in [0.5, 0.6) is 0 Å². The maximum Gasteiger partial charge on any atom is 0.411 e. The number of rotatable bonds is 7. The van der Waals surface area contributed by atoms with Crippen molar-refractivity contribution in [2.45, 2.75) is 78.0 Å². The summed E-state index contributed by atoms with van der Waals surface area (Å²) in [5.41, 5.74) is -1.22. The van der Waals surface area contributed by atoms with Crippen molar-refractivity contribution < 1.29 is 24.2 Å². The second-order valence-electron chi connectivity index (χ2n) is 9.64. The molecular formula is C20H32N2O5. The monoisotopic (exact) mass is 380 g/mol. The minimum Gasteiger partial charge on any atom is -0.480 e. The number of carboxylic acid groups (broad SMARTS) is 1. The summed E-state index contributed by atoms with van der Waals surface area (Å²) in [6.45, 7) is 13.4. The smallest absolute Gasteiger partial charge is 0.411 e. The lowest BCUT2D eigenvalue weighted by Crippen LogP contribution is -2.45. The first kappa shape index (κ1) is 21.3. The summed E-state index contributed by atoms with van der Waals surface area (Å²) in [5.74, 6) is -1.10. The molecule has 7 heteroatoms. The number of piperidine rings is 1. The van der Waals surface area contributed by atoms with Crippen molar-refractivity contribution in [1.29, 1.82) is 0 Å². The molecule has 2 N–H and O–H groups in total. The summed E-state index contributed by atoms with van der Waals surface area (Å²) < 4.78 is 5.39. The van der Waals surface area contributed by atoms with Crippen LogP contribution < -0.4 is 5.32 Å². The highest BCUT2D eigenvalue weighted by Crippen LogP contribution is 2.59. The van der Waals surface area contributed by atoms with Crippen LogP contribution in [-0.4, -0.2) is 52.2 Å². The highest BCUT2D eigenvalue weighted by atomic mass is 16.6. The minimum atomic E-state index is -1.04. The summed E-state index contributed by atoms with van der Waals surface area (Å²) in [7, 11) is 0. The molecule has 1 saturated heterocycles. The molecule has 2 amide bonds. The Balaban J connectivity index is 2.00. The van der Waals surface area contributed by atoms with Crippen LogP contribution in [0.3, 0.4) is 0 Å². The van der Waals surface area contributed by atoms with E-state index in [-0.39, 0.29) is 22.8 Å². The molecule has 152 valence electrons. The zero-order valence-corrected chi connectivity index (χ0v) is 17.0. The van der Waals surface area contributed by atoms with Gasteiger partial charge in [-0.25, -0.2) is 9.59 Å². The Bertz CT molecular complexity index is 637.